The number of nitrogens with zero attached hydrogens (tertiary/aromatic N) is 1. The molecule has 0 aliphatic carbocycles. The van der Waals surface area contributed by atoms with Crippen molar-refractivity contribution in [1.82, 2.24) is 10.2 Å². The van der Waals surface area contributed by atoms with Gasteiger partial charge in [0.2, 0.25) is 5.91 Å². The van der Waals surface area contributed by atoms with Crippen molar-refractivity contribution < 1.29 is 4.79 Å². The van der Waals surface area contributed by atoms with E-state index in [1.807, 2.05) is 6.92 Å². The minimum atomic E-state index is -0.217. The van der Waals surface area contributed by atoms with Gasteiger partial charge in [-0.2, -0.15) is 5.10 Å². The number of aryl methyl sites for hydroxylation is 2. The molecule has 14 heavy (non-hydrogen) atoms. The fourth-order valence-corrected chi connectivity index (χ4v) is 1.21. The van der Waals surface area contributed by atoms with Crippen LogP contribution in [-0.2, 0) is 4.79 Å². The van der Waals surface area contributed by atoms with Crippen molar-refractivity contribution in [3.63, 3.8) is 0 Å². The van der Waals surface area contributed by atoms with E-state index in [4.69, 9.17) is 5.73 Å². The number of carbonyl (C=O) groups excluding carboxylic acids is 1. The van der Waals surface area contributed by atoms with E-state index in [9.17, 15) is 4.79 Å². The monoisotopic (exact) mass is 212 g/mol. The van der Waals surface area contributed by atoms with Gasteiger partial charge in [-0.1, -0.05) is 12.2 Å². The zero-order valence-corrected chi connectivity index (χ0v) is 8.86. The van der Waals surface area contributed by atoms with Gasteiger partial charge < -0.3 is 11.1 Å². The van der Waals surface area contributed by atoms with Crippen molar-refractivity contribution in [1.29, 1.82) is 0 Å². The first-order valence-corrected chi connectivity index (χ1v) is 4.51. The molecule has 0 saturated carbocycles. The zero-order valence-electron chi connectivity index (χ0n) is 8.05. The maximum atomic E-state index is 11.3. The predicted octanol–water partition coefficient (Wildman–Crippen LogP) is 0.641. The highest BCUT2D eigenvalue weighted by Gasteiger charge is 2.10. The summed E-state index contributed by atoms with van der Waals surface area (Å²) >= 11 is 4.63. The third kappa shape index (κ3) is 2.53. The van der Waals surface area contributed by atoms with Gasteiger partial charge in [0, 0.05) is 0 Å². The van der Waals surface area contributed by atoms with Crippen molar-refractivity contribution in [3.8, 4) is 0 Å². The van der Waals surface area contributed by atoms with Crippen LogP contribution in [0.25, 0.3) is 0 Å². The summed E-state index contributed by atoms with van der Waals surface area (Å²) in [5, 5.41) is 9.40. The Kier molecular flexibility index (Phi) is 3.19. The number of aromatic amines is 1. The lowest BCUT2D eigenvalue weighted by molar-refractivity contribution is -0.115. The fourth-order valence-electron chi connectivity index (χ4n) is 1.08. The largest absolute Gasteiger partial charge is 0.393 e. The topological polar surface area (TPSA) is 83.8 Å². The Morgan fingerprint density at radius 2 is 2.29 bits per heavy atom. The third-order valence-corrected chi connectivity index (χ3v) is 1.87. The van der Waals surface area contributed by atoms with E-state index in [1.54, 1.807) is 6.92 Å². The number of carbonyl (C=O) groups is 1. The summed E-state index contributed by atoms with van der Waals surface area (Å²) in [7, 11) is 0. The first-order chi connectivity index (χ1) is 6.50. The van der Waals surface area contributed by atoms with Crippen molar-refractivity contribution >= 4 is 28.8 Å². The van der Waals surface area contributed by atoms with Gasteiger partial charge in [0.05, 0.1) is 28.5 Å². The van der Waals surface area contributed by atoms with Gasteiger partial charge in [0.1, 0.15) is 0 Å². The van der Waals surface area contributed by atoms with Crippen LogP contribution in [0.4, 0.5) is 5.69 Å². The first kappa shape index (κ1) is 10.6. The van der Waals surface area contributed by atoms with Crippen molar-refractivity contribution in [2.45, 2.75) is 20.3 Å². The first-order valence-electron chi connectivity index (χ1n) is 4.10. The molecule has 0 aromatic carbocycles. The molecular weight excluding hydrogens is 200 g/mol. The zero-order chi connectivity index (χ0) is 10.7. The fraction of sp³-hybridized carbons (Fsp3) is 0.375. The number of anilines is 1. The van der Waals surface area contributed by atoms with Gasteiger partial charge in [0.25, 0.3) is 0 Å². The van der Waals surface area contributed by atoms with Crippen molar-refractivity contribution in [2.75, 3.05) is 5.32 Å². The van der Waals surface area contributed by atoms with Crippen LogP contribution < -0.4 is 11.1 Å². The van der Waals surface area contributed by atoms with Gasteiger partial charge in [-0.05, 0) is 13.8 Å². The van der Waals surface area contributed by atoms with E-state index in [2.05, 4.69) is 27.7 Å². The van der Waals surface area contributed by atoms with Crippen LogP contribution in [0.5, 0.6) is 0 Å². The highest BCUT2D eigenvalue weighted by Crippen LogP contribution is 2.15. The Balaban J connectivity index is 2.69. The normalized spacial score (nSPS) is 9.86. The van der Waals surface area contributed by atoms with Crippen LogP contribution in [-0.4, -0.2) is 21.1 Å². The van der Waals surface area contributed by atoms with Gasteiger partial charge in [-0.3, -0.25) is 9.89 Å². The summed E-state index contributed by atoms with van der Waals surface area (Å²) < 4.78 is 0. The molecule has 1 rings (SSSR count). The molecule has 6 heteroatoms. The lowest BCUT2D eigenvalue weighted by Crippen LogP contribution is -2.20. The second-order valence-electron chi connectivity index (χ2n) is 3.00. The van der Waals surface area contributed by atoms with E-state index < -0.39 is 0 Å². The van der Waals surface area contributed by atoms with Gasteiger partial charge in [-0.25, -0.2) is 0 Å². The molecule has 1 aromatic rings. The average molecular weight is 212 g/mol. The molecule has 0 spiro atoms. The maximum Gasteiger partial charge on any atom is 0.231 e. The second-order valence-corrected chi connectivity index (χ2v) is 3.52. The van der Waals surface area contributed by atoms with Crippen LogP contribution in [0.3, 0.4) is 0 Å². The Morgan fingerprint density at radius 1 is 1.64 bits per heavy atom. The molecule has 0 aliphatic heterocycles. The number of amides is 1. The molecule has 1 aromatic heterocycles. The maximum absolute atomic E-state index is 11.3. The number of nitrogens with one attached hydrogen (secondary N) is 2. The number of hydrogen-bond donors (Lipinski definition) is 3. The molecule has 1 amide bonds. The van der Waals surface area contributed by atoms with Crippen molar-refractivity contribution in [2.24, 2.45) is 5.73 Å². The summed E-state index contributed by atoms with van der Waals surface area (Å²) in [6, 6.07) is 0. The SMILES string of the molecule is Cc1n[nH]c(C)c1NC(=O)CC(N)=S. The summed E-state index contributed by atoms with van der Waals surface area (Å²) in [5.74, 6) is -0.217. The Hall–Kier alpha value is -1.43. The summed E-state index contributed by atoms with van der Waals surface area (Å²) in [6.45, 7) is 3.64. The molecule has 4 N–H and O–H groups in total. The molecule has 0 radical (unpaired) electrons. The molecule has 76 valence electrons. The standard InChI is InChI=1S/C8H12N4OS/c1-4-8(5(2)12-11-4)10-7(13)3-6(9)14/h3H2,1-2H3,(H2,9,14)(H,10,13)(H,11,12). The van der Waals surface area contributed by atoms with Crippen LogP contribution in [0.2, 0.25) is 0 Å². The van der Waals surface area contributed by atoms with Gasteiger partial charge in [-0.15, -0.1) is 0 Å². The molecule has 0 fully saturated rings. The Labute approximate surface area is 87.1 Å². The molecule has 1 heterocycles. The highest BCUT2D eigenvalue weighted by atomic mass is 32.1. The van der Waals surface area contributed by atoms with Crippen LogP contribution in [0.1, 0.15) is 17.8 Å². The van der Waals surface area contributed by atoms with Gasteiger partial charge >= 0.3 is 0 Å². The Bertz CT molecular complexity index is 352. The van der Waals surface area contributed by atoms with E-state index in [0.717, 1.165) is 11.4 Å². The molecule has 0 aliphatic rings. The molecule has 0 unspecified atom stereocenters. The molecule has 0 atom stereocenters. The molecular formula is C8H12N4OS. The molecule has 0 saturated heterocycles. The van der Waals surface area contributed by atoms with Crippen LogP contribution in [0, 0.1) is 13.8 Å². The molecule has 5 nitrogen and oxygen atoms in total. The van der Waals surface area contributed by atoms with Crippen LogP contribution in [0.15, 0.2) is 0 Å². The predicted molar refractivity (Wildman–Crippen MR) is 58.1 cm³/mol. The third-order valence-electron chi connectivity index (χ3n) is 1.73. The van der Waals surface area contributed by atoms with E-state index in [-0.39, 0.29) is 17.3 Å². The summed E-state index contributed by atoms with van der Waals surface area (Å²) in [4.78, 5) is 11.5. The number of thiocarbonyl (C=S) groups is 1. The lowest BCUT2D eigenvalue weighted by atomic mass is 10.3. The quantitative estimate of drug-likeness (QED) is 0.642. The van der Waals surface area contributed by atoms with E-state index in [1.165, 1.54) is 0 Å². The number of nitrogens with two attached hydrogens (primary N) is 1. The smallest absolute Gasteiger partial charge is 0.231 e. The lowest BCUT2D eigenvalue weighted by Gasteiger charge is -2.03. The number of rotatable bonds is 3. The highest BCUT2D eigenvalue weighted by molar-refractivity contribution is 7.80. The Morgan fingerprint density at radius 3 is 2.71 bits per heavy atom. The van der Waals surface area contributed by atoms with Crippen molar-refractivity contribution in [3.05, 3.63) is 11.4 Å². The second kappa shape index (κ2) is 4.19. The minimum Gasteiger partial charge on any atom is -0.393 e. The van der Waals surface area contributed by atoms with E-state index in [0.29, 0.717) is 5.69 Å². The van der Waals surface area contributed by atoms with Gasteiger partial charge in [0.15, 0.2) is 0 Å². The number of aromatic nitrogens is 2. The van der Waals surface area contributed by atoms with E-state index >= 15 is 0 Å². The van der Waals surface area contributed by atoms with Crippen LogP contribution >= 0.6 is 12.2 Å². The molecule has 0 bridgehead atoms. The summed E-state index contributed by atoms with van der Waals surface area (Å²) in [6.07, 6.45) is 0.0550. The number of H-pyrrole nitrogens is 1. The average Bonchev–Trinajstić information content (AvgIpc) is 2.34. The minimum absolute atomic E-state index is 0.0550. The number of hydrogen-bond acceptors (Lipinski definition) is 3. The summed E-state index contributed by atoms with van der Waals surface area (Å²) in [5.41, 5.74) is 7.51.